The van der Waals surface area contributed by atoms with Crippen LogP contribution in [0.3, 0.4) is 0 Å². The molecule has 1 aromatic rings. The van der Waals surface area contributed by atoms with Gasteiger partial charge < -0.3 is 9.47 Å². The molecule has 1 fully saturated rings. The Morgan fingerprint density at radius 1 is 1.20 bits per heavy atom. The van der Waals surface area contributed by atoms with E-state index in [1.165, 1.54) is 6.07 Å². The fraction of sp³-hybridized carbons (Fsp3) is 0.625. The number of ether oxygens (including phenoxy) is 2. The predicted octanol–water partition coefficient (Wildman–Crippen LogP) is 4.11. The highest BCUT2D eigenvalue weighted by atomic mass is 19.1. The van der Waals surface area contributed by atoms with Gasteiger partial charge in [0.2, 0.25) is 0 Å². The maximum atomic E-state index is 14.0. The third-order valence-electron chi connectivity index (χ3n) is 3.26. The van der Waals surface area contributed by atoms with E-state index in [1.54, 1.807) is 0 Å². The van der Waals surface area contributed by atoms with E-state index in [1.807, 2.05) is 20.8 Å². The highest BCUT2D eigenvalue weighted by Gasteiger charge is 2.23. The van der Waals surface area contributed by atoms with Gasteiger partial charge in [0.05, 0.1) is 13.2 Å². The summed E-state index contributed by atoms with van der Waals surface area (Å²) in [5.74, 6) is -0.968. The smallest absolute Gasteiger partial charge is 0.168 e. The molecule has 1 heterocycles. The van der Waals surface area contributed by atoms with Crippen molar-refractivity contribution < 1.29 is 18.3 Å². The zero-order valence-electron chi connectivity index (χ0n) is 12.3. The van der Waals surface area contributed by atoms with Crippen LogP contribution in [-0.4, -0.2) is 19.3 Å². The second kappa shape index (κ2) is 6.08. The van der Waals surface area contributed by atoms with Crippen LogP contribution in [0.4, 0.5) is 8.78 Å². The highest BCUT2D eigenvalue weighted by molar-refractivity contribution is 5.36. The Balaban J connectivity index is 2.24. The van der Waals surface area contributed by atoms with Crippen molar-refractivity contribution in [1.29, 1.82) is 0 Å². The zero-order chi connectivity index (χ0) is 14.8. The summed E-state index contributed by atoms with van der Waals surface area (Å²) in [5, 5.41) is 0. The van der Waals surface area contributed by atoms with Crippen LogP contribution >= 0.6 is 0 Å². The summed E-state index contributed by atoms with van der Waals surface area (Å²) in [6.07, 6.45) is 2.00. The molecule has 2 rings (SSSR count). The summed E-state index contributed by atoms with van der Waals surface area (Å²) in [6.45, 7) is 7.36. The van der Waals surface area contributed by atoms with E-state index < -0.39 is 11.6 Å². The second-order valence-corrected chi connectivity index (χ2v) is 6.54. The molecular weight excluding hydrogens is 262 g/mol. The summed E-state index contributed by atoms with van der Waals surface area (Å²) in [5.41, 5.74) is 0.537. The molecule has 0 radical (unpaired) electrons. The van der Waals surface area contributed by atoms with Crippen molar-refractivity contribution >= 4 is 0 Å². The molecule has 112 valence electrons. The van der Waals surface area contributed by atoms with Crippen LogP contribution in [0, 0.1) is 17.0 Å². The third kappa shape index (κ3) is 4.17. The molecule has 1 aromatic carbocycles. The van der Waals surface area contributed by atoms with Crippen LogP contribution in [0.1, 0.15) is 39.2 Å². The van der Waals surface area contributed by atoms with E-state index in [0.29, 0.717) is 25.2 Å². The minimum atomic E-state index is -0.615. The molecule has 0 spiro atoms. The van der Waals surface area contributed by atoms with Crippen LogP contribution in [-0.2, 0) is 11.2 Å². The van der Waals surface area contributed by atoms with Crippen molar-refractivity contribution in [1.82, 2.24) is 0 Å². The van der Waals surface area contributed by atoms with Crippen LogP contribution in [0.15, 0.2) is 12.1 Å². The molecule has 1 aliphatic rings. The molecule has 1 saturated heterocycles. The number of halogens is 2. The molecule has 1 aliphatic heterocycles. The van der Waals surface area contributed by atoms with Gasteiger partial charge in [-0.05, 0) is 17.9 Å². The quantitative estimate of drug-likeness (QED) is 0.831. The summed E-state index contributed by atoms with van der Waals surface area (Å²) in [4.78, 5) is 0. The lowest BCUT2D eigenvalue weighted by Crippen LogP contribution is -2.27. The van der Waals surface area contributed by atoms with Gasteiger partial charge >= 0.3 is 0 Å². The largest absolute Gasteiger partial charge is 0.487 e. The predicted molar refractivity (Wildman–Crippen MR) is 74.0 cm³/mol. The van der Waals surface area contributed by atoms with Gasteiger partial charge in [-0.3, -0.25) is 0 Å². The number of benzene rings is 1. The fourth-order valence-corrected chi connectivity index (χ4v) is 2.41. The van der Waals surface area contributed by atoms with Gasteiger partial charge in [0, 0.05) is 24.5 Å². The lowest BCUT2D eigenvalue weighted by Gasteiger charge is -2.26. The van der Waals surface area contributed by atoms with Crippen LogP contribution < -0.4 is 4.74 Å². The fourth-order valence-electron chi connectivity index (χ4n) is 2.41. The number of rotatable bonds is 3. The molecule has 0 bridgehead atoms. The van der Waals surface area contributed by atoms with Gasteiger partial charge in [0.25, 0.3) is 0 Å². The Morgan fingerprint density at radius 2 is 1.85 bits per heavy atom. The van der Waals surface area contributed by atoms with Gasteiger partial charge in [0.1, 0.15) is 11.9 Å². The van der Waals surface area contributed by atoms with Crippen molar-refractivity contribution in [2.24, 2.45) is 5.41 Å². The molecule has 20 heavy (non-hydrogen) atoms. The third-order valence-corrected chi connectivity index (χ3v) is 3.26. The van der Waals surface area contributed by atoms with Crippen LogP contribution in [0.25, 0.3) is 0 Å². The van der Waals surface area contributed by atoms with Crippen molar-refractivity contribution in [3.8, 4) is 5.75 Å². The molecule has 4 heteroatoms. The molecule has 0 saturated carbocycles. The van der Waals surface area contributed by atoms with E-state index in [4.69, 9.17) is 9.47 Å². The summed E-state index contributed by atoms with van der Waals surface area (Å²) in [6, 6.07) is 2.27. The Labute approximate surface area is 119 Å². The topological polar surface area (TPSA) is 18.5 Å². The first-order valence-corrected chi connectivity index (χ1v) is 7.07. The van der Waals surface area contributed by atoms with Crippen LogP contribution in [0.5, 0.6) is 5.75 Å². The Hall–Kier alpha value is -1.16. The molecule has 0 aliphatic carbocycles. The molecule has 0 N–H and O–H groups in total. The first-order valence-electron chi connectivity index (χ1n) is 7.07. The normalized spacial score (nSPS) is 17.2. The van der Waals surface area contributed by atoms with Crippen molar-refractivity contribution in [3.05, 3.63) is 29.3 Å². The van der Waals surface area contributed by atoms with Gasteiger partial charge in [-0.15, -0.1) is 0 Å². The Kier molecular flexibility index (Phi) is 4.63. The Bertz CT molecular complexity index is 460. The molecule has 0 unspecified atom stereocenters. The first-order chi connectivity index (χ1) is 9.35. The van der Waals surface area contributed by atoms with E-state index in [-0.39, 0.29) is 17.3 Å². The van der Waals surface area contributed by atoms with Crippen molar-refractivity contribution in [2.75, 3.05) is 13.2 Å². The lowest BCUT2D eigenvalue weighted by atomic mass is 9.87. The molecule has 0 aromatic heterocycles. The van der Waals surface area contributed by atoms with Crippen molar-refractivity contribution in [2.45, 2.75) is 46.1 Å². The minimum Gasteiger partial charge on any atom is -0.487 e. The molecule has 0 atom stereocenters. The van der Waals surface area contributed by atoms with E-state index in [0.717, 1.165) is 18.9 Å². The van der Waals surface area contributed by atoms with Gasteiger partial charge in [0.15, 0.2) is 11.6 Å². The van der Waals surface area contributed by atoms with Gasteiger partial charge in [-0.25, -0.2) is 8.78 Å². The summed E-state index contributed by atoms with van der Waals surface area (Å²) >= 11 is 0. The molecular formula is C16H22F2O2. The van der Waals surface area contributed by atoms with E-state index in [9.17, 15) is 8.78 Å². The average Bonchev–Trinajstić information content (AvgIpc) is 2.33. The zero-order valence-corrected chi connectivity index (χ0v) is 12.3. The van der Waals surface area contributed by atoms with Crippen molar-refractivity contribution in [3.63, 3.8) is 0 Å². The maximum Gasteiger partial charge on any atom is 0.168 e. The first kappa shape index (κ1) is 15.2. The lowest BCUT2D eigenvalue weighted by molar-refractivity contribution is 0.0234. The van der Waals surface area contributed by atoms with E-state index >= 15 is 0 Å². The SMILES string of the molecule is CC(C)(C)Cc1cc(F)cc(F)c1OC1CCOCC1. The number of hydrogen-bond acceptors (Lipinski definition) is 2. The molecule has 0 amide bonds. The average molecular weight is 284 g/mol. The monoisotopic (exact) mass is 284 g/mol. The van der Waals surface area contributed by atoms with Gasteiger partial charge in [-0.2, -0.15) is 0 Å². The second-order valence-electron chi connectivity index (χ2n) is 6.54. The maximum absolute atomic E-state index is 14.0. The number of hydrogen-bond donors (Lipinski definition) is 0. The van der Waals surface area contributed by atoms with Gasteiger partial charge in [-0.1, -0.05) is 20.8 Å². The Morgan fingerprint density at radius 3 is 2.45 bits per heavy atom. The summed E-state index contributed by atoms with van der Waals surface area (Å²) in [7, 11) is 0. The minimum absolute atomic E-state index is 0.0533. The standard InChI is InChI=1S/C16H22F2O2/c1-16(2,3)10-11-8-12(17)9-14(18)15(11)20-13-4-6-19-7-5-13/h8-9,13H,4-7,10H2,1-3H3. The molecule has 2 nitrogen and oxygen atoms in total. The highest BCUT2D eigenvalue weighted by Crippen LogP contribution is 2.32. The van der Waals surface area contributed by atoms with Crippen LogP contribution in [0.2, 0.25) is 0 Å². The van der Waals surface area contributed by atoms with E-state index in [2.05, 4.69) is 0 Å². The summed E-state index contributed by atoms with van der Waals surface area (Å²) < 4.78 is 38.6.